The second kappa shape index (κ2) is 6.11. The first kappa shape index (κ1) is 16.8. The van der Waals surface area contributed by atoms with Crippen LogP contribution in [0.2, 0.25) is 0 Å². The molecule has 2 heterocycles. The number of anilines is 1. The summed E-state index contributed by atoms with van der Waals surface area (Å²) < 4.78 is 25.4. The Hall–Kier alpha value is -3.04. The van der Waals surface area contributed by atoms with E-state index in [1.54, 1.807) is 0 Å². The van der Waals surface area contributed by atoms with Crippen molar-refractivity contribution in [3.63, 3.8) is 0 Å². The van der Waals surface area contributed by atoms with Crippen molar-refractivity contribution >= 4 is 17.6 Å². The van der Waals surface area contributed by atoms with Crippen molar-refractivity contribution in [1.82, 2.24) is 9.88 Å². The lowest BCUT2D eigenvalue weighted by Gasteiger charge is -2.17. The Bertz CT molecular complexity index is 950. The molecule has 0 radical (unpaired) electrons. The number of aromatic nitrogens is 1. The standard InChI is InChI=1S/C16H14FN3O5/c1-24-16(25-2)7-3-4-9(17)10(5-7)20-11(21)6-8-12(13(20)18)15(23)19-14(8)22/h3-6,16H,18H2,1-2H3,(H,19,22,23). The number of nitrogens with two attached hydrogens (primary N) is 1. The number of nitrogen functional groups attached to an aromatic ring is 1. The third-order valence-corrected chi connectivity index (χ3v) is 3.86. The minimum Gasteiger partial charge on any atom is -0.384 e. The molecule has 8 nitrogen and oxygen atoms in total. The first-order chi connectivity index (χ1) is 11.9. The quantitative estimate of drug-likeness (QED) is 0.623. The molecule has 0 saturated heterocycles. The van der Waals surface area contributed by atoms with E-state index in [4.69, 9.17) is 15.2 Å². The van der Waals surface area contributed by atoms with Gasteiger partial charge >= 0.3 is 0 Å². The van der Waals surface area contributed by atoms with Crippen LogP contribution in [0, 0.1) is 5.82 Å². The van der Waals surface area contributed by atoms with Gasteiger partial charge in [0.25, 0.3) is 17.4 Å². The summed E-state index contributed by atoms with van der Waals surface area (Å²) in [7, 11) is 2.81. The average Bonchev–Trinajstić information content (AvgIpc) is 2.85. The van der Waals surface area contributed by atoms with Gasteiger partial charge in [-0.05, 0) is 12.1 Å². The summed E-state index contributed by atoms with van der Waals surface area (Å²) >= 11 is 0. The summed E-state index contributed by atoms with van der Waals surface area (Å²) in [5.74, 6) is -2.53. The Morgan fingerprint density at radius 2 is 1.80 bits per heavy atom. The fourth-order valence-electron chi connectivity index (χ4n) is 2.74. The van der Waals surface area contributed by atoms with Gasteiger partial charge in [-0.25, -0.2) is 4.39 Å². The monoisotopic (exact) mass is 347 g/mol. The molecular formula is C16H14FN3O5. The van der Waals surface area contributed by atoms with Crippen LogP contribution in [0.25, 0.3) is 5.69 Å². The van der Waals surface area contributed by atoms with Gasteiger partial charge in [-0.1, -0.05) is 6.07 Å². The highest BCUT2D eigenvalue weighted by Crippen LogP contribution is 2.26. The van der Waals surface area contributed by atoms with Crippen molar-refractivity contribution in [1.29, 1.82) is 0 Å². The Labute approximate surface area is 141 Å². The number of nitrogens with one attached hydrogen (secondary N) is 1. The summed E-state index contributed by atoms with van der Waals surface area (Å²) in [6, 6.07) is 4.83. The summed E-state index contributed by atoms with van der Waals surface area (Å²) in [6.45, 7) is 0. The number of carbonyl (C=O) groups excluding carboxylic acids is 2. The van der Waals surface area contributed by atoms with Gasteiger partial charge in [-0.2, -0.15) is 0 Å². The van der Waals surface area contributed by atoms with Gasteiger partial charge in [0.15, 0.2) is 6.29 Å². The zero-order chi connectivity index (χ0) is 18.3. The fourth-order valence-corrected chi connectivity index (χ4v) is 2.74. The topological polar surface area (TPSA) is 113 Å². The van der Waals surface area contributed by atoms with Crippen molar-refractivity contribution in [2.75, 3.05) is 20.0 Å². The first-order valence-electron chi connectivity index (χ1n) is 7.15. The molecular weight excluding hydrogens is 333 g/mol. The van der Waals surface area contributed by atoms with Crippen LogP contribution in [-0.4, -0.2) is 30.6 Å². The maximum atomic E-state index is 14.3. The number of rotatable bonds is 4. The lowest BCUT2D eigenvalue weighted by atomic mass is 10.1. The highest BCUT2D eigenvalue weighted by Gasteiger charge is 2.32. The number of ether oxygens (including phenoxy) is 2. The average molecular weight is 347 g/mol. The molecule has 1 aliphatic rings. The van der Waals surface area contributed by atoms with Gasteiger partial charge in [0.1, 0.15) is 11.6 Å². The van der Waals surface area contributed by atoms with Gasteiger partial charge in [0.05, 0.1) is 16.8 Å². The van der Waals surface area contributed by atoms with Crippen LogP contribution in [0.1, 0.15) is 32.6 Å². The number of imide groups is 1. The second-order valence-electron chi connectivity index (χ2n) is 5.29. The lowest BCUT2D eigenvalue weighted by Crippen LogP contribution is -2.25. The lowest BCUT2D eigenvalue weighted by molar-refractivity contribution is -0.106. The number of amides is 2. The van der Waals surface area contributed by atoms with E-state index in [1.165, 1.54) is 26.4 Å². The highest BCUT2D eigenvalue weighted by atomic mass is 19.1. The largest absolute Gasteiger partial charge is 0.384 e. The number of fused-ring (bicyclic) bond motifs is 1. The minimum absolute atomic E-state index is 0.132. The molecule has 1 aromatic carbocycles. The molecule has 1 aliphatic heterocycles. The predicted octanol–water partition coefficient (Wildman–Crippen LogP) is 0.734. The molecule has 0 aliphatic carbocycles. The van der Waals surface area contributed by atoms with Crippen LogP contribution in [0.15, 0.2) is 29.1 Å². The van der Waals surface area contributed by atoms with Crippen LogP contribution in [-0.2, 0) is 9.47 Å². The smallest absolute Gasteiger partial charge is 0.262 e. The summed E-state index contributed by atoms with van der Waals surface area (Å²) in [4.78, 5) is 35.9. The molecule has 0 fully saturated rings. The third-order valence-electron chi connectivity index (χ3n) is 3.86. The molecule has 130 valence electrons. The van der Waals surface area contributed by atoms with E-state index in [-0.39, 0.29) is 22.6 Å². The molecule has 2 amide bonds. The van der Waals surface area contributed by atoms with E-state index in [0.717, 1.165) is 16.7 Å². The molecule has 2 aromatic rings. The van der Waals surface area contributed by atoms with Crippen LogP contribution in [0.4, 0.5) is 10.2 Å². The van der Waals surface area contributed by atoms with E-state index in [0.29, 0.717) is 5.56 Å². The molecule has 1 aromatic heterocycles. The van der Waals surface area contributed by atoms with Crippen LogP contribution in [0.3, 0.4) is 0 Å². The molecule has 0 unspecified atom stereocenters. The summed E-state index contributed by atoms with van der Waals surface area (Å²) in [5.41, 5.74) is 5.11. The number of halogens is 1. The van der Waals surface area contributed by atoms with Crippen molar-refractivity contribution in [3.8, 4) is 5.69 Å². The molecule has 3 N–H and O–H groups in total. The van der Waals surface area contributed by atoms with Crippen LogP contribution in [0.5, 0.6) is 0 Å². The van der Waals surface area contributed by atoms with Gasteiger partial charge < -0.3 is 15.2 Å². The zero-order valence-electron chi connectivity index (χ0n) is 13.3. The Morgan fingerprint density at radius 3 is 2.44 bits per heavy atom. The Morgan fingerprint density at radius 1 is 1.12 bits per heavy atom. The van der Waals surface area contributed by atoms with Crippen LogP contribution >= 0.6 is 0 Å². The summed E-state index contributed by atoms with van der Waals surface area (Å²) in [6.07, 6.45) is -0.782. The highest BCUT2D eigenvalue weighted by molar-refractivity contribution is 6.23. The Balaban J connectivity index is 2.26. The first-order valence-corrected chi connectivity index (χ1v) is 7.15. The second-order valence-corrected chi connectivity index (χ2v) is 5.29. The number of methoxy groups -OCH3 is 2. The van der Waals surface area contributed by atoms with Crippen LogP contribution < -0.4 is 16.6 Å². The number of pyridine rings is 1. The number of carbonyl (C=O) groups is 2. The molecule has 25 heavy (non-hydrogen) atoms. The van der Waals surface area contributed by atoms with E-state index < -0.39 is 29.5 Å². The van der Waals surface area contributed by atoms with Gasteiger partial charge in [-0.15, -0.1) is 0 Å². The molecule has 9 heteroatoms. The van der Waals surface area contributed by atoms with E-state index in [1.807, 2.05) is 5.32 Å². The number of hydrogen-bond donors (Lipinski definition) is 2. The zero-order valence-corrected chi connectivity index (χ0v) is 13.3. The van der Waals surface area contributed by atoms with Crippen molar-refractivity contribution in [3.05, 3.63) is 57.1 Å². The summed E-state index contributed by atoms with van der Waals surface area (Å²) in [5, 5.41) is 2.05. The molecule has 0 spiro atoms. The van der Waals surface area contributed by atoms with Gasteiger partial charge in [0, 0.05) is 25.8 Å². The maximum Gasteiger partial charge on any atom is 0.262 e. The van der Waals surface area contributed by atoms with E-state index in [9.17, 15) is 18.8 Å². The van der Waals surface area contributed by atoms with Crippen molar-refractivity contribution in [2.24, 2.45) is 0 Å². The number of nitrogens with zero attached hydrogens (tertiary/aromatic N) is 1. The fraction of sp³-hybridized carbons (Fsp3) is 0.188. The van der Waals surface area contributed by atoms with Gasteiger partial charge in [0.2, 0.25) is 0 Å². The van der Waals surface area contributed by atoms with E-state index >= 15 is 0 Å². The normalized spacial score (nSPS) is 13.3. The SMILES string of the molecule is COC(OC)c1ccc(F)c(-n2c(N)c3c(cc2=O)C(=O)NC3=O)c1. The predicted molar refractivity (Wildman–Crippen MR) is 85.0 cm³/mol. The maximum absolute atomic E-state index is 14.3. The van der Waals surface area contributed by atoms with Crippen molar-refractivity contribution < 1.29 is 23.5 Å². The Kier molecular flexibility index (Phi) is 4.11. The number of hydrogen-bond acceptors (Lipinski definition) is 6. The molecule has 0 bridgehead atoms. The van der Waals surface area contributed by atoms with E-state index in [2.05, 4.69) is 0 Å². The van der Waals surface area contributed by atoms with Crippen molar-refractivity contribution in [2.45, 2.75) is 6.29 Å². The molecule has 3 rings (SSSR count). The minimum atomic E-state index is -0.782. The molecule has 0 saturated carbocycles. The number of benzene rings is 1. The third kappa shape index (κ3) is 2.59. The molecule has 0 atom stereocenters. The van der Waals surface area contributed by atoms with Gasteiger partial charge in [-0.3, -0.25) is 24.3 Å².